The van der Waals surface area contributed by atoms with Gasteiger partial charge in [-0.3, -0.25) is 4.79 Å². The number of aromatic nitrogens is 2. The minimum Gasteiger partial charge on any atom is -0.481 e. The highest BCUT2D eigenvalue weighted by atomic mass is 16.5. The summed E-state index contributed by atoms with van der Waals surface area (Å²) in [6.45, 7) is 14.0. The Hall–Kier alpha value is -3.15. The number of benzene rings is 2. The molecular formula is C25H31N3O3. The third kappa shape index (κ3) is 5.13. The highest BCUT2D eigenvalue weighted by molar-refractivity contribution is 5.98. The summed E-state index contributed by atoms with van der Waals surface area (Å²) >= 11 is 0. The molecule has 1 aromatic heterocycles. The molecule has 6 nitrogen and oxygen atoms in total. The summed E-state index contributed by atoms with van der Waals surface area (Å²) in [5.41, 5.74) is 4.66. The standard InChI is InChI=1S/C25H31N3O3/c1-14(2)20-12-11-19(13-17(20)6)30-18(7)24(29)26-22-16(5)9-8-10-21(22)25-27-23(15(3)4)28-31-25/h8-15,18H,1-7H3,(H,26,29). The zero-order chi connectivity index (χ0) is 22.7. The van der Waals surface area contributed by atoms with Gasteiger partial charge < -0.3 is 14.6 Å². The van der Waals surface area contributed by atoms with Crippen LogP contribution in [0, 0.1) is 13.8 Å². The summed E-state index contributed by atoms with van der Waals surface area (Å²) < 4.78 is 11.4. The zero-order valence-electron chi connectivity index (χ0n) is 19.3. The van der Waals surface area contributed by atoms with Crippen LogP contribution in [0.25, 0.3) is 11.5 Å². The van der Waals surface area contributed by atoms with Gasteiger partial charge in [0.15, 0.2) is 11.9 Å². The summed E-state index contributed by atoms with van der Waals surface area (Å²) in [6.07, 6.45) is -0.675. The molecule has 6 heteroatoms. The van der Waals surface area contributed by atoms with Crippen molar-refractivity contribution in [3.05, 3.63) is 58.9 Å². The molecule has 0 bridgehead atoms. The molecule has 1 amide bonds. The normalized spacial score (nSPS) is 12.3. The lowest BCUT2D eigenvalue weighted by molar-refractivity contribution is -0.122. The largest absolute Gasteiger partial charge is 0.481 e. The van der Waals surface area contributed by atoms with E-state index >= 15 is 0 Å². The van der Waals surface area contributed by atoms with Crippen molar-refractivity contribution in [1.82, 2.24) is 10.1 Å². The summed E-state index contributed by atoms with van der Waals surface area (Å²) in [5.74, 6) is 2.04. The first-order valence-electron chi connectivity index (χ1n) is 10.7. The van der Waals surface area contributed by atoms with Crippen LogP contribution in [0.1, 0.15) is 69.0 Å². The molecule has 0 aliphatic rings. The van der Waals surface area contributed by atoms with Crippen molar-refractivity contribution in [2.45, 2.75) is 66.4 Å². The van der Waals surface area contributed by atoms with Crippen molar-refractivity contribution < 1.29 is 14.1 Å². The van der Waals surface area contributed by atoms with Crippen LogP contribution in [0.2, 0.25) is 0 Å². The predicted molar refractivity (Wildman–Crippen MR) is 123 cm³/mol. The Bertz CT molecular complexity index is 1070. The monoisotopic (exact) mass is 421 g/mol. The van der Waals surface area contributed by atoms with Crippen LogP contribution in [0.5, 0.6) is 5.75 Å². The smallest absolute Gasteiger partial charge is 0.265 e. The number of ether oxygens (including phenoxy) is 1. The number of amides is 1. The van der Waals surface area contributed by atoms with Crippen LogP contribution >= 0.6 is 0 Å². The predicted octanol–water partition coefficient (Wildman–Crippen LogP) is 6.01. The van der Waals surface area contributed by atoms with Crippen molar-refractivity contribution in [3.8, 4) is 17.2 Å². The van der Waals surface area contributed by atoms with E-state index in [2.05, 4.69) is 42.3 Å². The minimum atomic E-state index is -0.675. The fraction of sp³-hybridized carbons (Fsp3) is 0.400. The van der Waals surface area contributed by atoms with Gasteiger partial charge in [0.1, 0.15) is 5.75 Å². The van der Waals surface area contributed by atoms with E-state index in [4.69, 9.17) is 9.26 Å². The van der Waals surface area contributed by atoms with Gasteiger partial charge in [0.25, 0.3) is 11.8 Å². The Balaban J connectivity index is 1.79. The second-order valence-electron chi connectivity index (χ2n) is 8.53. The van der Waals surface area contributed by atoms with Crippen LogP contribution in [0.15, 0.2) is 40.9 Å². The van der Waals surface area contributed by atoms with Crippen molar-refractivity contribution in [3.63, 3.8) is 0 Å². The Kier molecular flexibility index (Phi) is 6.78. The Morgan fingerprint density at radius 3 is 2.35 bits per heavy atom. The number of rotatable bonds is 7. The highest BCUT2D eigenvalue weighted by Crippen LogP contribution is 2.31. The van der Waals surface area contributed by atoms with Crippen LogP contribution in [-0.2, 0) is 4.79 Å². The minimum absolute atomic E-state index is 0.152. The molecule has 2 aromatic carbocycles. The van der Waals surface area contributed by atoms with E-state index in [1.165, 1.54) is 5.56 Å². The van der Waals surface area contributed by atoms with Gasteiger partial charge in [0, 0.05) is 5.92 Å². The van der Waals surface area contributed by atoms with Gasteiger partial charge in [-0.15, -0.1) is 0 Å². The maximum Gasteiger partial charge on any atom is 0.265 e. The third-order valence-corrected chi connectivity index (χ3v) is 5.25. The van der Waals surface area contributed by atoms with Crippen LogP contribution in [0.3, 0.4) is 0 Å². The second kappa shape index (κ2) is 9.33. The SMILES string of the molecule is Cc1cc(OC(C)C(=O)Nc2c(C)cccc2-c2nc(C(C)C)no2)ccc1C(C)C. The van der Waals surface area contributed by atoms with Gasteiger partial charge in [0.05, 0.1) is 11.3 Å². The Morgan fingerprint density at radius 2 is 1.74 bits per heavy atom. The zero-order valence-corrected chi connectivity index (χ0v) is 19.3. The second-order valence-corrected chi connectivity index (χ2v) is 8.53. The van der Waals surface area contributed by atoms with E-state index < -0.39 is 6.10 Å². The van der Waals surface area contributed by atoms with Gasteiger partial charge in [-0.25, -0.2) is 0 Å². The fourth-order valence-electron chi connectivity index (χ4n) is 3.44. The summed E-state index contributed by atoms with van der Waals surface area (Å²) in [6, 6.07) is 11.6. The molecule has 0 radical (unpaired) electrons. The number of aryl methyl sites for hydroxylation is 2. The average molecular weight is 422 g/mol. The molecule has 0 spiro atoms. The van der Waals surface area contributed by atoms with Gasteiger partial charge in [-0.2, -0.15) is 4.98 Å². The molecular weight excluding hydrogens is 390 g/mol. The van der Waals surface area contributed by atoms with Crippen molar-refractivity contribution in [1.29, 1.82) is 0 Å². The first kappa shape index (κ1) is 22.5. The lowest BCUT2D eigenvalue weighted by Gasteiger charge is -2.18. The number of carbonyl (C=O) groups excluding carboxylic acids is 1. The lowest BCUT2D eigenvalue weighted by Crippen LogP contribution is -2.30. The number of anilines is 1. The fourth-order valence-corrected chi connectivity index (χ4v) is 3.44. The molecule has 0 fully saturated rings. The molecule has 0 saturated carbocycles. The summed E-state index contributed by atoms with van der Waals surface area (Å²) in [7, 11) is 0. The summed E-state index contributed by atoms with van der Waals surface area (Å²) in [5, 5.41) is 7.03. The maximum absolute atomic E-state index is 12.9. The van der Waals surface area contributed by atoms with Crippen LogP contribution in [0.4, 0.5) is 5.69 Å². The van der Waals surface area contributed by atoms with Gasteiger partial charge in [-0.05, 0) is 61.6 Å². The van der Waals surface area contributed by atoms with Gasteiger partial charge >= 0.3 is 0 Å². The van der Waals surface area contributed by atoms with E-state index in [-0.39, 0.29) is 11.8 Å². The molecule has 0 aliphatic heterocycles. The number of nitrogens with zero attached hydrogens (tertiary/aromatic N) is 2. The Labute approximate surface area is 184 Å². The highest BCUT2D eigenvalue weighted by Gasteiger charge is 2.21. The Morgan fingerprint density at radius 1 is 1.00 bits per heavy atom. The quantitative estimate of drug-likeness (QED) is 0.506. The first-order valence-corrected chi connectivity index (χ1v) is 10.7. The molecule has 0 aliphatic carbocycles. The number of para-hydroxylation sites is 1. The third-order valence-electron chi connectivity index (χ3n) is 5.25. The molecule has 3 rings (SSSR count). The summed E-state index contributed by atoms with van der Waals surface area (Å²) in [4.78, 5) is 17.4. The first-order chi connectivity index (χ1) is 14.7. The molecule has 1 unspecified atom stereocenters. The molecule has 31 heavy (non-hydrogen) atoms. The number of carbonyl (C=O) groups is 1. The molecule has 1 heterocycles. The van der Waals surface area contributed by atoms with E-state index in [0.29, 0.717) is 34.6 Å². The topological polar surface area (TPSA) is 77.2 Å². The number of hydrogen-bond donors (Lipinski definition) is 1. The molecule has 1 atom stereocenters. The van der Waals surface area contributed by atoms with Gasteiger partial charge in [-0.1, -0.05) is 51.1 Å². The molecule has 3 aromatic rings. The van der Waals surface area contributed by atoms with E-state index in [0.717, 1.165) is 11.1 Å². The maximum atomic E-state index is 12.9. The molecule has 164 valence electrons. The van der Waals surface area contributed by atoms with E-state index in [1.807, 2.05) is 51.1 Å². The van der Waals surface area contributed by atoms with Gasteiger partial charge in [0.2, 0.25) is 0 Å². The molecule has 0 saturated heterocycles. The number of hydrogen-bond acceptors (Lipinski definition) is 5. The van der Waals surface area contributed by atoms with Crippen LogP contribution in [-0.4, -0.2) is 22.2 Å². The van der Waals surface area contributed by atoms with E-state index in [9.17, 15) is 4.79 Å². The molecule has 1 N–H and O–H groups in total. The van der Waals surface area contributed by atoms with Crippen LogP contribution < -0.4 is 10.1 Å². The van der Waals surface area contributed by atoms with Crippen molar-refractivity contribution in [2.24, 2.45) is 0 Å². The van der Waals surface area contributed by atoms with Crippen molar-refractivity contribution in [2.75, 3.05) is 5.32 Å². The lowest BCUT2D eigenvalue weighted by atomic mass is 9.98. The van der Waals surface area contributed by atoms with Crippen molar-refractivity contribution >= 4 is 11.6 Å². The average Bonchev–Trinajstić information content (AvgIpc) is 3.19. The number of nitrogens with one attached hydrogen (secondary N) is 1. The van der Waals surface area contributed by atoms with E-state index in [1.54, 1.807) is 6.92 Å².